The Morgan fingerprint density at radius 1 is 1.50 bits per heavy atom. The van der Waals surface area contributed by atoms with E-state index < -0.39 is 0 Å². The maximum Gasteiger partial charge on any atom is 0.129 e. The van der Waals surface area contributed by atoms with Crippen molar-refractivity contribution in [3.8, 4) is 0 Å². The largest absolute Gasteiger partial charge is 0.309 e. The van der Waals surface area contributed by atoms with E-state index in [1.807, 2.05) is 19.2 Å². The predicted molar refractivity (Wildman–Crippen MR) is 49.2 cm³/mol. The van der Waals surface area contributed by atoms with Gasteiger partial charge in [-0.3, -0.25) is 0 Å². The monoisotopic (exact) mass is 182 g/mol. The van der Waals surface area contributed by atoms with Crippen LogP contribution in [0.5, 0.6) is 0 Å². The normalized spacial score (nSPS) is 19.2. The lowest BCUT2D eigenvalue weighted by Gasteiger charge is -2.12. The highest BCUT2D eigenvalue weighted by Crippen LogP contribution is 2.44. The van der Waals surface area contributed by atoms with Gasteiger partial charge in [-0.1, -0.05) is 17.7 Å². The second kappa shape index (κ2) is 2.71. The number of nitrogens with one attached hydrogen (secondary N) is 1. The van der Waals surface area contributed by atoms with Gasteiger partial charge in [0, 0.05) is 0 Å². The molecule has 1 aliphatic carbocycles. The maximum absolute atomic E-state index is 5.80. The first-order valence-electron chi connectivity index (χ1n) is 4.09. The van der Waals surface area contributed by atoms with E-state index in [4.69, 9.17) is 11.6 Å². The lowest BCUT2D eigenvalue weighted by Crippen LogP contribution is -2.25. The third kappa shape index (κ3) is 1.21. The fourth-order valence-corrected chi connectivity index (χ4v) is 1.60. The Labute approximate surface area is 77.0 Å². The van der Waals surface area contributed by atoms with Crippen LogP contribution in [0, 0.1) is 0 Å². The fraction of sp³-hybridized carbons (Fsp3) is 0.444. The number of hydrogen-bond donors (Lipinski definition) is 1. The van der Waals surface area contributed by atoms with E-state index in [0.717, 1.165) is 18.5 Å². The number of hydrogen-bond acceptors (Lipinski definition) is 2. The van der Waals surface area contributed by atoms with Crippen LogP contribution in [0.25, 0.3) is 0 Å². The van der Waals surface area contributed by atoms with Crippen LogP contribution in [0.3, 0.4) is 0 Å². The van der Waals surface area contributed by atoms with E-state index in [-0.39, 0.29) is 5.54 Å². The summed E-state index contributed by atoms with van der Waals surface area (Å²) in [5, 5.41) is 3.85. The number of aromatic nitrogens is 1. The summed E-state index contributed by atoms with van der Waals surface area (Å²) in [5.41, 5.74) is 1.20. The van der Waals surface area contributed by atoms with Gasteiger partial charge in [0.15, 0.2) is 0 Å². The molecule has 1 heterocycles. The Morgan fingerprint density at radius 2 is 2.25 bits per heavy atom. The van der Waals surface area contributed by atoms with E-state index in [9.17, 15) is 0 Å². The van der Waals surface area contributed by atoms with Crippen molar-refractivity contribution in [2.24, 2.45) is 0 Å². The van der Waals surface area contributed by atoms with Crippen molar-refractivity contribution in [2.75, 3.05) is 7.05 Å². The highest BCUT2D eigenvalue weighted by atomic mass is 35.5. The number of halogens is 1. The summed E-state index contributed by atoms with van der Waals surface area (Å²) in [5.74, 6) is 0. The van der Waals surface area contributed by atoms with Gasteiger partial charge in [0.05, 0.1) is 11.2 Å². The van der Waals surface area contributed by atoms with Gasteiger partial charge < -0.3 is 5.32 Å². The molecule has 0 saturated heterocycles. The van der Waals surface area contributed by atoms with Crippen LogP contribution < -0.4 is 5.32 Å². The van der Waals surface area contributed by atoms with Crippen molar-refractivity contribution in [3.63, 3.8) is 0 Å². The molecule has 0 aromatic carbocycles. The number of rotatable bonds is 2. The molecule has 0 aliphatic heterocycles. The van der Waals surface area contributed by atoms with E-state index in [2.05, 4.69) is 10.3 Å². The van der Waals surface area contributed by atoms with Gasteiger partial charge in [0.25, 0.3) is 0 Å². The van der Waals surface area contributed by atoms with Crippen molar-refractivity contribution in [1.82, 2.24) is 10.3 Å². The van der Waals surface area contributed by atoms with E-state index >= 15 is 0 Å². The molecule has 64 valence electrons. The summed E-state index contributed by atoms with van der Waals surface area (Å²) in [6, 6.07) is 5.77. The quantitative estimate of drug-likeness (QED) is 0.708. The Morgan fingerprint density at radius 3 is 2.75 bits per heavy atom. The van der Waals surface area contributed by atoms with E-state index in [1.165, 1.54) is 0 Å². The fourth-order valence-electron chi connectivity index (χ4n) is 1.43. The van der Waals surface area contributed by atoms with Gasteiger partial charge in [-0.15, -0.1) is 0 Å². The highest BCUT2D eigenvalue weighted by Gasteiger charge is 2.44. The Balaban J connectivity index is 2.34. The van der Waals surface area contributed by atoms with Crippen LogP contribution in [0.15, 0.2) is 18.2 Å². The van der Waals surface area contributed by atoms with E-state index in [0.29, 0.717) is 5.15 Å². The molecular weight excluding hydrogens is 172 g/mol. The van der Waals surface area contributed by atoms with Gasteiger partial charge in [-0.2, -0.15) is 0 Å². The van der Waals surface area contributed by atoms with Crippen LogP contribution in [0.1, 0.15) is 18.5 Å². The van der Waals surface area contributed by atoms with Gasteiger partial charge in [-0.05, 0) is 32.0 Å². The summed E-state index contributed by atoms with van der Waals surface area (Å²) in [4.78, 5) is 4.28. The molecule has 2 nitrogen and oxygen atoms in total. The molecule has 1 saturated carbocycles. The lowest BCUT2D eigenvalue weighted by atomic mass is 10.1. The smallest absolute Gasteiger partial charge is 0.129 e. The first-order chi connectivity index (χ1) is 5.77. The van der Waals surface area contributed by atoms with Crippen molar-refractivity contribution in [3.05, 3.63) is 29.0 Å². The maximum atomic E-state index is 5.80. The topological polar surface area (TPSA) is 24.9 Å². The zero-order chi connectivity index (χ0) is 8.60. The minimum atomic E-state index is 0.130. The van der Waals surface area contributed by atoms with Crippen molar-refractivity contribution in [2.45, 2.75) is 18.4 Å². The van der Waals surface area contributed by atoms with Gasteiger partial charge in [0.2, 0.25) is 0 Å². The van der Waals surface area contributed by atoms with Crippen LogP contribution in [-0.2, 0) is 5.54 Å². The molecule has 0 radical (unpaired) electrons. The van der Waals surface area contributed by atoms with Gasteiger partial charge in [0.1, 0.15) is 5.15 Å². The summed E-state index contributed by atoms with van der Waals surface area (Å²) < 4.78 is 0. The van der Waals surface area contributed by atoms with Gasteiger partial charge in [-0.25, -0.2) is 4.98 Å². The molecule has 1 aromatic heterocycles. The van der Waals surface area contributed by atoms with Crippen LogP contribution in [-0.4, -0.2) is 12.0 Å². The summed E-state index contributed by atoms with van der Waals surface area (Å²) in [6.45, 7) is 0. The number of pyridine rings is 1. The van der Waals surface area contributed by atoms with Crippen molar-refractivity contribution < 1.29 is 0 Å². The zero-order valence-corrected chi connectivity index (χ0v) is 7.73. The van der Waals surface area contributed by atoms with Gasteiger partial charge >= 0.3 is 0 Å². The zero-order valence-electron chi connectivity index (χ0n) is 6.97. The first kappa shape index (κ1) is 8.02. The van der Waals surface area contributed by atoms with Crippen molar-refractivity contribution in [1.29, 1.82) is 0 Å². The van der Waals surface area contributed by atoms with Crippen LogP contribution in [0.4, 0.5) is 0 Å². The summed E-state index contributed by atoms with van der Waals surface area (Å²) >= 11 is 5.80. The molecule has 1 fully saturated rings. The second-order valence-corrected chi connectivity index (χ2v) is 3.56. The predicted octanol–water partition coefficient (Wildman–Crippen LogP) is 1.94. The minimum Gasteiger partial charge on any atom is -0.309 e. The number of nitrogens with zero attached hydrogens (tertiary/aromatic N) is 1. The molecule has 0 atom stereocenters. The first-order valence-corrected chi connectivity index (χ1v) is 4.47. The lowest BCUT2D eigenvalue weighted by molar-refractivity contribution is 0.568. The SMILES string of the molecule is CNC1(c2cccc(Cl)n2)CC1. The molecule has 0 unspecified atom stereocenters. The molecule has 2 rings (SSSR count). The molecular formula is C9H11ClN2. The molecule has 0 amide bonds. The average molecular weight is 183 g/mol. The Kier molecular flexibility index (Phi) is 1.81. The molecule has 0 bridgehead atoms. The molecule has 1 aliphatic rings. The van der Waals surface area contributed by atoms with Crippen molar-refractivity contribution >= 4 is 11.6 Å². The highest BCUT2D eigenvalue weighted by molar-refractivity contribution is 6.29. The third-order valence-electron chi connectivity index (χ3n) is 2.43. The Hall–Kier alpha value is -0.600. The Bertz CT molecular complexity index is 294. The standard InChI is InChI=1S/C9H11ClN2/c1-11-9(5-6-9)7-3-2-4-8(10)12-7/h2-4,11H,5-6H2,1H3. The minimum absolute atomic E-state index is 0.130. The summed E-state index contributed by atoms with van der Waals surface area (Å²) in [6.07, 6.45) is 2.33. The second-order valence-electron chi connectivity index (χ2n) is 3.18. The molecule has 3 heteroatoms. The van der Waals surface area contributed by atoms with Crippen LogP contribution >= 0.6 is 11.6 Å². The average Bonchev–Trinajstić information content (AvgIpc) is 2.84. The molecule has 0 spiro atoms. The summed E-state index contributed by atoms with van der Waals surface area (Å²) in [7, 11) is 1.97. The molecule has 1 aromatic rings. The molecule has 1 N–H and O–H groups in total. The third-order valence-corrected chi connectivity index (χ3v) is 2.64. The van der Waals surface area contributed by atoms with E-state index in [1.54, 1.807) is 6.07 Å². The molecule has 12 heavy (non-hydrogen) atoms. The van der Waals surface area contributed by atoms with Crippen LogP contribution in [0.2, 0.25) is 5.15 Å².